The SMILES string of the molecule is COC(=O)[C@@]12C(OC)=CC(C)(C)[C@@H](C(=O)[C@H]1Sc1ccccc1)C21CC1. The number of allylic oxidation sites excluding steroid dienone is 1. The summed E-state index contributed by atoms with van der Waals surface area (Å²) in [6, 6.07) is 9.80. The molecule has 0 radical (unpaired) electrons. The fourth-order valence-electron chi connectivity index (χ4n) is 5.51. The predicted molar refractivity (Wildman–Crippen MR) is 99.6 cm³/mol. The summed E-state index contributed by atoms with van der Waals surface area (Å²) in [6.45, 7) is 4.15. The summed E-state index contributed by atoms with van der Waals surface area (Å²) in [6.07, 6.45) is 3.70. The fraction of sp³-hybridized carbons (Fsp3) is 0.524. The standard InChI is InChI=1S/C21H24O4S/c1-19(2)12-14(24-3)21(18(23)25-4)17(26-13-8-6-5-7-9-13)15(22)16(19)20(21)10-11-20/h5-9,12,16-17H,10-11H2,1-4H3/t16-,17-,21-/m1/s1. The Balaban J connectivity index is 1.93. The number of benzene rings is 1. The highest BCUT2D eigenvalue weighted by atomic mass is 32.2. The van der Waals surface area contributed by atoms with Crippen molar-refractivity contribution >= 4 is 23.5 Å². The second kappa shape index (κ2) is 5.62. The summed E-state index contributed by atoms with van der Waals surface area (Å²) in [5.41, 5.74) is -1.76. The second-order valence-corrected chi connectivity index (χ2v) is 9.31. The van der Waals surface area contributed by atoms with Crippen LogP contribution in [0.3, 0.4) is 0 Å². The first-order valence-corrected chi connectivity index (χ1v) is 9.84. The van der Waals surface area contributed by atoms with Crippen LogP contribution in [0.1, 0.15) is 26.7 Å². The summed E-state index contributed by atoms with van der Waals surface area (Å²) >= 11 is 1.47. The molecule has 26 heavy (non-hydrogen) atoms. The van der Waals surface area contributed by atoms with E-state index in [-0.39, 0.29) is 28.5 Å². The zero-order valence-electron chi connectivity index (χ0n) is 15.6. The number of carbonyl (C=O) groups excluding carboxylic acids is 2. The Morgan fingerprint density at radius 1 is 1.15 bits per heavy atom. The van der Waals surface area contributed by atoms with E-state index in [4.69, 9.17) is 9.47 Å². The number of esters is 1. The number of carbonyl (C=O) groups is 2. The van der Waals surface area contributed by atoms with E-state index in [1.807, 2.05) is 36.4 Å². The third-order valence-electron chi connectivity index (χ3n) is 6.42. The van der Waals surface area contributed by atoms with Crippen LogP contribution in [0.5, 0.6) is 0 Å². The van der Waals surface area contributed by atoms with Crippen LogP contribution in [0.15, 0.2) is 47.1 Å². The largest absolute Gasteiger partial charge is 0.500 e. The molecule has 3 atom stereocenters. The van der Waals surface area contributed by atoms with Crippen molar-refractivity contribution in [3.63, 3.8) is 0 Å². The first-order chi connectivity index (χ1) is 12.3. The van der Waals surface area contributed by atoms with Gasteiger partial charge >= 0.3 is 5.97 Å². The van der Waals surface area contributed by atoms with E-state index in [0.29, 0.717) is 5.76 Å². The van der Waals surface area contributed by atoms with Crippen LogP contribution in [0.25, 0.3) is 0 Å². The summed E-state index contributed by atoms with van der Waals surface area (Å²) in [5.74, 6) is 0.217. The van der Waals surface area contributed by atoms with Crippen molar-refractivity contribution in [2.45, 2.75) is 36.8 Å². The van der Waals surface area contributed by atoms with Crippen molar-refractivity contribution in [2.75, 3.05) is 14.2 Å². The predicted octanol–water partition coefficient (Wildman–Crippen LogP) is 3.86. The molecular weight excluding hydrogens is 348 g/mol. The number of methoxy groups -OCH3 is 2. The van der Waals surface area contributed by atoms with E-state index in [1.165, 1.54) is 18.9 Å². The lowest BCUT2D eigenvalue weighted by atomic mass is 9.59. The maximum absolute atomic E-state index is 13.6. The Bertz CT molecular complexity index is 793. The van der Waals surface area contributed by atoms with Crippen molar-refractivity contribution in [3.05, 3.63) is 42.2 Å². The van der Waals surface area contributed by atoms with Crippen LogP contribution in [-0.2, 0) is 19.1 Å². The quantitative estimate of drug-likeness (QED) is 0.751. The number of rotatable bonds is 4. The second-order valence-electron chi connectivity index (χ2n) is 8.14. The van der Waals surface area contributed by atoms with Gasteiger partial charge in [-0.1, -0.05) is 32.0 Å². The van der Waals surface area contributed by atoms with Crippen LogP contribution >= 0.6 is 11.8 Å². The van der Waals surface area contributed by atoms with Gasteiger partial charge in [0.2, 0.25) is 0 Å². The molecular formula is C21H24O4S. The van der Waals surface area contributed by atoms with Crippen LogP contribution in [0, 0.1) is 22.2 Å². The topological polar surface area (TPSA) is 52.6 Å². The van der Waals surface area contributed by atoms with Crippen molar-refractivity contribution in [3.8, 4) is 0 Å². The first-order valence-electron chi connectivity index (χ1n) is 8.96. The maximum atomic E-state index is 13.6. The normalized spacial score (nSPS) is 32.9. The molecule has 0 heterocycles. The Labute approximate surface area is 158 Å². The Kier molecular flexibility index (Phi) is 3.82. The van der Waals surface area contributed by atoms with Crippen LogP contribution in [-0.4, -0.2) is 31.2 Å². The molecule has 2 bridgehead atoms. The van der Waals surface area contributed by atoms with Crippen molar-refractivity contribution < 1.29 is 19.1 Å². The monoisotopic (exact) mass is 372 g/mol. The van der Waals surface area contributed by atoms with Crippen molar-refractivity contribution in [1.29, 1.82) is 0 Å². The third-order valence-corrected chi connectivity index (χ3v) is 7.79. The molecule has 4 rings (SSSR count). The molecule has 5 heteroatoms. The fourth-order valence-corrected chi connectivity index (χ4v) is 6.97. The highest BCUT2D eigenvalue weighted by molar-refractivity contribution is 8.00. The van der Waals surface area contributed by atoms with Crippen LogP contribution in [0.4, 0.5) is 0 Å². The lowest BCUT2D eigenvalue weighted by molar-refractivity contribution is -0.157. The molecule has 0 aromatic heterocycles. The third kappa shape index (κ3) is 1.98. The van der Waals surface area contributed by atoms with Crippen molar-refractivity contribution in [1.82, 2.24) is 0 Å². The zero-order valence-corrected chi connectivity index (χ0v) is 16.4. The molecule has 3 aliphatic rings. The Hall–Kier alpha value is -1.75. The molecule has 0 amide bonds. The molecule has 1 spiro atoms. The smallest absolute Gasteiger partial charge is 0.321 e. The summed E-state index contributed by atoms with van der Waals surface area (Å²) in [4.78, 5) is 27.8. The molecule has 0 N–H and O–H groups in total. The summed E-state index contributed by atoms with van der Waals surface area (Å²) in [7, 11) is 3.00. The average molecular weight is 372 g/mol. The molecule has 138 valence electrons. The molecule has 0 saturated heterocycles. The van der Waals surface area contributed by atoms with Gasteiger partial charge in [0.25, 0.3) is 0 Å². The summed E-state index contributed by atoms with van der Waals surface area (Å²) in [5, 5.41) is -0.530. The minimum atomic E-state index is -1.03. The minimum Gasteiger partial charge on any atom is -0.500 e. The van der Waals surface area contributed by atoms with Gasteiger partial charge in [0.05, 0.1) is 19.5 Å². The van der Waals surface area contributed by atoms with Crippen molar-refractivity contribution in [2.24, 2.45) is 22.2 Å². The van der Waals surface area contributed by atoms with Gasteiger partial charge in [-0.25, -0.2) is 0 Å². The van der Waals surface area contributed by atoms with E-state index >= 15 is 0 Å². The molecule has 1 aromatic carbocycles. The number of Topliss-reactive ketones (excluding diaryl/α,β-unsaturated/α-hetero) is 1. The minimum absolute atomic E-state index is 0.148. The van der Waals surface area contributed by atoms with Gasteiger partial charge in [0.15, 0.2) is 5.78 Å². The van der Waals surface area contributed by atoms with Gasteiger partial charge in [-0.2, -0.15) is 0 Å². The zero-order chi connectivity index (χ0) is 18.7. The van der Waals surface area contributed by atoms with Gasteiger partial charge < -0.3 is 9.47 Å². The van der Waals surface area contributed by atoms with E-state index in [9.17, 15) is 9.59 Å². The van der Waals surface area contributed by atoms with E-state index < -0.39 is 10.7 Å². The lowest BCUT2D eigenvalue weighted by Gasteiger charge is -2.45. The number of hydrogen-bond donors (Lipinski definition) is 0. The number of ketones is 1. The molecule has 1 aromatic rings. The first kappa shape index (κ1) is 17.7. The van der Waals surface area contributed by atoms with Gasteiger partial charge in [0.1, 0.15) is 11.2 Å². The van der Waals surface area contributed by atoms with Gasteiger partial charge in [-0.05, 0) is 36.5 Å². The Morgan fingerprint density at radius 2 is 1.81 bits per heavy atom. The molecule has 4 nitrogen and oxygen atoms in total. The van der Waals surface area contributed by atoms with E-state index in [0.717, 1.165) is 17.7 Å². The van der Waals surface area contributed by atoms with E-state index in [1.54, 1.807) is 7.11 Å². The molecule has 2 fully saturated rings. The number of ether oxygens (including phenoxy) is 2. The molecule has 2 saturated carbocycles. The number of hydrogen-bond acceptors (Lipinski definition) is 5. The highest BCUT2D eigenvalue weighted by Gasteiger charge is 2.83. The van der Waals surface area contributed by atoms with Gasteiger partial charge in [-0.15, -0.1) is 11.8 Å². The number of thioether (sulfide) groups is 1. The van der Waals surface area contributed by atoms with E-state index in [2.05, 4.69) is 13.8 Å². The summed E-state index contributed by atoms with van der Waals surface area (Å²) < 4.78 is 11.0. The van der Waals surface area contributed by atoms with Gasteiger partial charge in [-0.3, -0.25) is 9.59 Å². The molecule has 3 aliphatic carbocycles. The highest BCUT2D eigenvalue weighted by Crippen LogP contribution is 2.79. The lowest BCUT2D eigenvalue weighted by Crippen LogP contribution is -2.51. The molecule has 0 unspecified atom stereocenters. The molecule has 0 aliphatic heterocycles. The van der Waals surface area contributed by atoms with Crippen LogP contribution < -0.4 is 0 Å². The van der Waals surface area contributed by atoms with Crippen LogP contribution in [0.2, 0.25) is 0 Å². The maximum Gasteiger partial charge on any atom is 0.321 e. The Morgan fingerprint density at radius 3 is 2.35 bits per heavy atom. The van der Waals surface area contributed by atoms with Gasteiger partial charge in [0, 0.05) is 16.2 Å². The average Bonchev–Trinajstić information content (AvgIpc) is 3.37.